The van der Waals surface area contributed by atoms with Crippen LogP contribution in [0.3, 0.4) is 0 Å². The number of hydrogen-bond donors (Lipinski definition) is 1. The van der Waals surface area contributed by atoms with Gasteiger partial charge in [0.05, 0.1) is 32.7 Å². The molecule has 3 aromatic rings. The molecule has 0 saturated heterocycles. The van der Waals surface area contributed by atoms with Crippen LogP contribution in [0.15, 0.2) is 60.7 Å². The molecule has 1 amide bonds. The minimum absolute atomic E-state index is 0.0132. The highest BCUT2D eigenvalue weighted by molar-refractivity contribution is 6.00. The molecule has 0 fully saturated rings. The van der Waals surface area contributed by atoms with Crippen molar-refractivity contribution in [2.24, 2.45) is 0 Å². The lowest BCUT2D eigenvalue weighted by Crippen LogP contribution is -2.35. The highest BCUT2D eigenvalue weighted by Gasteiger charge is 2.23. The van der Waals surface area contributed by atoms with Crippen molar-refractivity contribution in [1.82, 2.24) is 10.4 Å². The second-order valence-electron chi connectivity index (χ2n) is 9.69. The summed E-state index contributed by atoms with van der Waals surface area (Å²) in [6.07, 6.45) is -0.608. The van der Waals surface area contributed by atoms with Crippen LogP contribution in [0.5, 0.6) is 5.75 Å². The first-order valence-electron chi connectivity index (χ1n) is 12.2. The van der Waals surface area contributed by atoms with E-state index >= 15 is 0 Å². The molecular formula is C29H36N2O6. The van der Waals surface area contributed by atoms with Crippen LogP contribution >= 0.6 is 0 Å². The molecule has 3 rings (SSSR count). The second-order valence-corrected chi connectivity index (χ2v) is 9.69. The third kappa shape index (κ3) is 7.93. The fourth-order valence-corrected chi connectivity index (χ4v) is 3.88. The monoisotopic (exact) mass is 508 g/mol. The van der Waals surface area contributed by atoms with Gasteiger partial charge >= 0.3 is 12.1 Å². The summed E-state index contributed by atoms with van der Waals surface area (Å²) in [7, 11) is 4.86. The SMILES string of the molecule is COCCN(C)Oc1ccc(-c2ccc(C(CC(=O)OC)NC(=O)OC(C)(C)C)cc2)c2ccccc12. The van der Waals surface area contributed by atoms with E-state index in [1.54, 1.807) is 32.9 Å². The third-order valence-corrected chi connectivity index (χ3v) is 5.66. The van der Waals surface area contributed by atoms with E-state index in [4.69, 9.17) is 19.0 Å². The van der Waals surface area contributed by atoms with Crippen molar-refractivity contribution in [3.63, 3.8) is 0 Å². The van der Waals surface area contributed by atoms with E-state index in [9.17, 15) is 9.59 Å². The molecule has 0 radical (unpaired) electrons. The molecular weight excluding hydrogens is 472 g/mol. The van der Waals surface area contributed by atoms with Crippen LogP contribution in [0.25, 0.3) is 21.9 Å². The van der Waals surface area contributed by atoms with Gasteiger partial charge in [-0.2, -0.15) is 0 Å². The van der Waals surface area contributed by atoms with Gasteiger partial charge in [-0.3, -0.25) is 4.79 Å². The van der Waals surface area contributed by atoms with E-state index in [0.29, 0.717) is 13.2 Å². The molecule has 1 unspecified atom stereocenters. The highest BCUT2D eigenvalue weighted by Crippen LogP contribution is 2.35. The van der Waals surface area contributed by atoms with Crippen LogP contribution in [0.4, 0.5) is 4.79 Å². The first-order valence-corrected chi connectivity index (χ1v) is 12.2. The fourth-order valence-electron chi connectivity index (χ4n) is 3.88. The Hall–Kier alpha value is -3.62. The summed E-state index contributed by atoms with van der Waals surface area (Å²) >= 11 is 0. The molecule has 0 aromatic heterocycles. The Kier molecular flexibility index (Phi) is 9.49. The van der Waals surface area contributed by atoms with Crippen molar-refractivity contribution in [3.05, 3.63) is 66.2 Å². The zero-order valence-corrected chi connectivity index (χ0v) is 22.4. The Morgan fingerprint density at radius 1 is 0.946 bits per heavy atom. The first-order chi connectivity index (χ1) is 17.6. The normalized spacial score (nSPS) is 12.3. The van der Waals surface area contributed by atoms with Crippen molar-refractivity contribution < 1.29 is 28.6 Å². The van der Waals surface area contributed by atoms with Crippen LogP contribution in [0, 0.1) is 0 Å². The van der Waals surface area contributed by atoms with Gasteiger partial charge in [0.1, 0.15) is 5.60 Å². The highest BCUT2D eigenvalue weighted by atomic mass is 16.7. The molecule has 0 saturated carbocycles. The van der Waals surface area contributed by atoms with Gasteiger partial charge in [-0.25, -0.2) is 4.79 Å². The Balaban J connectivity index is 1.88. The standard InChI is InChI=1S/C29H36N2O6/c1-29(2,3)36-28(33)30-25(19-27(32)35-6)21-13-11-20(12-14-21)22-15-16-26(37-31(4)17-18-34-5)24-10-8-7-9-23(22)24/h7-16,25H,17-19H2,1-6H3,(H,30,33). The van der Waals surface area contributed by atoms with Crippen LogP contribution in [0.1, 0.15) is 38.8 Å². The molecule has 0 aliphatic rings. The van der Waals surface area contributed by atoms with Gasteiger partial charge in [0.15, 0.2) is 5.75 Å². The number of hydroxylamine groups is 2. The summed E-state index contributed by atoms with van der Waals surface area (Å²) in [5, 5.41) is 6.58. The number of nitrogens with one attached hydrogen (secondary N) is 1. The van der Waals surface area contributed by atoms with Gasteiger partial charge < -0.3 is 24.4 Å². The predicted octanol–water partition coefficient (Wildman–Crippen LogP) is 5.51. The molecule has 37 heavy (non-hydrogen) atoms. The Labute approximate surface area is 218 Å². The second kappa shape index (κ2) is 12.6. The topological polar surface area (TPSA) is 86.3 Å². The first kappa shape index (κ1) is 28.0. The van der Waals surface area contributed by atoms with Gasteiger partial charge in [0, 0.05) is 19.5 Å². The molecule has 8 nitrogen and oxygen atoms in total. The number of nitrogens with zero attached hydrogens (tertiary/aromatic N) is 1. The van der Waals surface area contributed by atoms with Crippen LogP contribution in [0.2, 0.25) is 0 Å². The van der Waals surface area contributed by atoms with Crippen molar-refractivity contribution in [2.45, 2.75) is 38.8 Å². The summed E-state index contributed by atoms with van der Waals surface area (Å²) in [6.45, 7) is 6.57. The van der Waals surface area contributed by atoms with E-state index in [0.717, 1.165) is 33.2 Å². The lowest BCUT2D eigenvalue weighted by atomic mass is 9.95. The number of methoxy groups -OCH3 is 2. The maximum atomic E-state index is 12.4. The molecule has 0 spiro atoms. The largest absolute Gasteiger partial charge is 0.469 e. The minimum atomic E-state index is -0.653. The molecule has 8 heteroatoms. The summed E-state index contributed by atoms with van der Waals surface area (Å²) in [5.74, 6) is 0.330. The minimum Gasteiger partial charge on any atom is -0.469 e. The molecule has 0 aliphatic carbocycles. The summed E-state index contributed by atoms with van der Waals surface area (Å²) in [4.78, 5) is 30.5. The number of esters is 1. The molecule has 1 N–H and O–H groups in total. The quantitative estimate of drug-likeness (QED) is 0.286. The van der Waals surface area contributed by atoms with Crippen molar-refractivity contribution >= 4 is 22.8 Å². The van der Waals surface area contributed by atoms with Crippen LogP contribution < -0.4 is 10.2 Å². The number of amides is 1. The lowest BCUT2D eigenvalue weighted by molar-refractivity contribution is -0.141. The number of ether oxygens (including phenoxy) is 3. The molecule has 0 aliphatic heterocycles. The van der Waals surface area contributed by atoms with E-state index in [2.05, 4.69) is 11.4 Å². The number of fused-ring (bicyclic) bond motifs is 1. The maximum absolute atomic E-state index is 12.4. The average molecular weight is 509 g/mol. The smallest absolute Gasteiger partial charge is 0.408 e. The van der Waals surface area contributed by atoms with Crippen molar-refractivity contribution in [1.29, 1.82) is 0 Å². The Bertz CT molecular complexity index is 1200. The van der Waals surface area contributed by atoms with Gasteiger partial charge in [-0.15, -0.1) is 5.06 Å². The Morgan fingerprint density at radius 3 is 2.24 bits per heavy atom. The zero-order chi connectivity index (χ0) is 27.0. The lowest BCUT2D eigenvalue weighted by Gasteiger charge is -2.23. The number of alkyl carbamates (subject to hydrolysis) is 1. The zero-order valence-electron chi connectivity index (χ0n) is 22.4. The van der Waals surface area contributed by atoms with Gasteiger partial charge in [0.25, 0.3) is 0 Å². The van der Waals surface area contributed by atoms with E-state index in [1.165, 1.54) is 7.11 Å². The Morgan fingerprint density at radius 2 is 1.62 bits per heavy atom. The molecule has 3 aromatic carbocycles. The van der Waals surface area contributed by atoms with Crippen molar-refractivity contribution in [3.8, 4) is 16.9 Å². The molecule has 0 bridgehead atoms. The van der Waals surface area contributed by atoms with Crippen LogP contribution in [-0.4, -0.2) is 57.1 Å². The van der Waals surface area contributed by atoms with Crippen molar-refractivity contribution in [2.75, 3.05) is 34.4 Å². The summed E-state index contributed by atoms with van der Waals surface area (Å²) in [6, 6.07) is 19.2. The van der Waals surface area contributed by atoms with Crippen LogP contribution in [-0.2, 0) is 19.0 Å². The van der Waals surface area contributed by atoms with Gasteiger partial charge in [0.2, 0.25) is 0 Å². The van der Waals surface area contributed by atoms with E-state index < -0.39 is 23.7 Å². The third-order valence-electron chi connectivity index (χ3n) is 5.66. The van der Waals surface area contributed by atoms with E-state index in [1.807, 2.05) is 61.6 Å². The number of rotatable bonds is 10. The summed E-state index contributed by atoms with van der Waals surface area (Å²) in [5.41, 5.74) is 2.15. The number of hydrogen-bond acceptors (Lipinski definition) is 7. The molecule has 1 atom stereocenters. The molecule has 0 heterocycles. The predicted molar refractivity (Wildman–Crippen MR) is 143 cm³/mol. The molecule has 198 valence electrons. The summed E-state index contributed by atoms with van der Waals surface area (Å²) < 4.78 is 15.3. The van der Waals surface area contributed by atoms with Gasteiger partial charge in [-0.05, 0) is 55.0 Å². The average Bonchev–Trinajstić information content (AvgIpc) is 2.86. The number of carbonyl (C=O) groups is 2. The number of likely N-dealkylation sites (N-methyl/N-ethyl adjacent to an activating group) is 1. The number of benzene rings is 3. The fraction of sp³-hybridized carbons (Fsp3) is 0.379. The maximum Gasteiger partial charge on any atom is 0.408 e. The van der Waals surface area contributed by atoms with Gasteiger partial charge in [-0.1, -0.05) is 48.5 Å². The van der Waals surface area contributed by atoms with E-state index in [-0.39, 0.29) is 6.42 Å². The number of carbonyl (C=O) groups excluding carboxylic acids is 2.